The highest BCUT2D eigenvalue weighted by Gasteiger charge is 2.49. The minimum atomic E-state index is -3.43. The third kappa shape index (κ3) is 3.38. The molecule has 6 heteroatoms. The maximum Gasteiger partial charge on any atom is 0.240 e. The highest BCUT2D eigenvalue weighted by molar-refractivity contribution is 7.89. The lowest BCUT2D eigenvalue weighted by Crippen LogP contribution is -2.58. The molecule has 5 nitrogen and oxygen atoms in total. The standard InChI is InChI=1S/C19H24N2O3S/c22-25(23,17-4-2-1-3-5-17)20-18-6-8-19(18)9-11-21(12-10-19)14-16-7-13-24-15-16/h1-5,7,13,15,18,20H,6,8-12,14H2/t18-/m1/s1. The normalized spacial score (nSPS) is 23.4. The molecule has 25 heavy (non-hydrogen) atoms. The number of hydrogen-bond donors (Lipinski definition) is 1. The fourth-order valence-corrected chi connectivity index (χ4v) is 5.53. The number of likely N-dealkylation sites (tertiary alicyclic amines) is 1. The summed E-state index contributed by atoms with van der Waals surface area (Å²) in [6.07, 6.45) is 7.66. The molecule has 0 bridgehead atoms. The number of rotatable bonds is 5. The van der Waals surface area contributed by atoms with Crippen LogP contribution in [-0.2, 0) is 16.6 Å². The van der Waals surface area contributed by atoms with Gasteiger partial charge in [-0.15, -0.1) is 0 Å². The van der Waals surface area contributed by atoms with Crippen molar-refractivity contribution in [3.05, 3.63) is 54.5 Å². The van der Waals surface area contributed by atoms with Gasteiger partial charge < -0.3 is 4.42 Å². The van der Waals surface area contributed by atoms with Crippen molar-refractivity contribution in [3.63, 3.8) is 0 Å². The summed E-state index contributed by atoms with van der Waals surface area (Å²) in [6, 6.07) is 10.7. The van der Waals surface area contributed by atoms with Crippen LogP contribution in [0.2, 0.25) is 0 Å². The Morgan fingerprint density at radius 2 is 1.88 bits per heavy atom. The van der Waals surface area contributed by atoms with Crippen molar-refractivity contribution in [2.75, 3.05) is 13.1 Å². The molecule has 2 heterocycles. The summed E-state index contributed by atoms with van der Waals surface area (Å²) in [6.45, 7) is 2.93. The second-order valence-electron chi connectivity index (χ2n) is 7.30. The van der Waals surface area contributed by atoms with E-state index in [1.807, 2.05) is 12.1 Å². The Hall–Kier alpha value is -1.63. The number of nitrogens with one attached hydrogen (secondary N) is 1. The fraction of sp³-hybridized carbons (Fsp3) is 0.474. The smallest absolute Gasteiger partial charge is 0.240 e. The van der Waals surface area contributed by atoms with Crippen molar-refractivity contribution in [3.8, 4) is 0 Å². The van der Waals surface area contributed by atoms with Crippen LogP contribution in [0.15, 0.2) is 58.2 Å². The number of furan rings is 1. The first-order valence-electron chi connectivity index (χ1n) is 8.88. The molecule has 1 aliphatic carbocycles. The van der Waals surface area contributed by atoms with Gasteiger partial charge in [-0.05, 0) is 62.4 Å². The second kappa shape index (κ2) is 6.59. The first-order chi connectivity index (χ1) is 12.1. The lowest BCUT2D eigenvalue weighted by atomic mass is 9.59. The minimum Gasteiger partial charge on any atom is -0.472 e. The van der Waals surface area contributed by atoms with E-state index in [9.17, 15) is 8.42 Å². The van der Waals surface area contributed by atoms with E-state index >= 15 is 0 Å². The van der Waals surface area contributed by atoms with Crippen LogP contribution in [0.3, 0.4) is 0 Å². The topological polar surface area (TPSA) is 62.6 Å². The maximum atomic E-state index is 12.6. The average molecular weight is 360 g/mol. The number of nitrogens with zero attached hydrogens (tertiary/aromatic N) is 1. The highest BCUT2D eigenvalue weighted by Crippen LogP contribution is 2.49. The highest BCUT2D eigenvalue weighted by atomic mass is 32.2. The average Bonchev–Trinajstić information content (AvgIpc) is 3.13. The first-order valence-corrected chi connectivity index (χ1v) is 10.4. The fourth-order valence-electron chi connectivity index (χ4n) is 4.13. The van der Waals surface area contributed by atoms with Crippen molar-refractivity contribution in [1.82, 2.24) is 9.62 Å². The molecule has 1 aliphatic heterocycles. The summed E-state index contributed by atoms with van der Waals surface area (Å²) in [7, 11) is -3.43. The number of piperidine rings is 1. The van der Waals surface area contributed by atoms with Crippen LogP contribution in [0.5, 0.6) is 0 Å². The van der Waals surface area contributed by atoms with Gasteiger partial charge in [-0.1, -0.05) is 18.2 Å². The third-order valence-electron chi connectivity index (χ3n) is 5.86. The Labute approximate surface area is 149 Å². The molecule has 2 aliphatic rings. The van der Waals surface area contributed by atoms with Gasteiger partial charge in [-0.25, -0.2) is 13.1 Å². The molecule has 4 rings (SSSR count). The molecular formula is C19H24N2O3S. The Balaban J connectivity index is 1.38. The van der Waals surface area contributed by atoms with Gasteiger partial charge >= 0.3 is 0 Å². The Morgan fingerprint density at radius 3 is 2.48 bits per heavy atom. The van der Waals surface area contributed by atoms with Crippen LogP contribution in [0.4, 0.5) is 0 Å². The summed E-state index contributed by atoms with van der Waals surface area (Å²) >= 11 is 0. The van der Waals surface area contributed by atoms with Gasteiger partial charge in [0.05, 0.1) is 17.4 Å². The van der Waals surface area contributed by atoms with Crippen LogP contribution >= 0.6 is 0 Å². The molecule has 0 unspecified atom stereocenters. The molecule has 1 saturated heterocycles. The summed E-state index contributed by atoms with van der Waals surface area (Å²) in [5.74, 6) is 0. The lowest BCUT2D eigenvalue weighted by molar-refractivity contribution is 0.000664. The predicted molar refractivity (Wildman–Crippen MR) is 95.4 cm³/mol. The molecule has 1 aromatic carbocycles. The summed E-state index contributed by atoms with van der Waals surface area (Å²) in [4.78, 5) is 2.78. The maximum absolute atomic E-state index is 12.6. The lowest BCUT2D eigenvalue weighted by Gasteiger charge is -2.54. The molecule has 1 spiro atoms. The van der Waals surface area contributed by atoms with Crippen LogP contribution in [0.1, 0.15) is 31.2 Å². The van der Waals surface area contributed by atoms with E-state index in [1.165, 1.54) is 5.56 Å². The van der Waals surface area contributed by atoms with E-state index in [2.05, 4.69) is 9.62 Å². The molecule has 2 fully saturated rings. The van der Waals surface area contributed by atoms with Crippen molar-refractivity contribution in [1.29, 1.82) is 0 Å². The molecule has 1 atom stereocenters. The van der Waals surface area contributed by atoms with Crippen molar-refractivity contribution in [2.45, 2.75) is 43.2 Å². The van der Waals surface area contributed by atoms with E-state index < -0.39 is 10.0 Å². The molecule has 134 valence electrons. The Kier molecular flexibility index (Phi) is 4.43. The second-order valence-corrected chi connectivity index (χ2v) is 9.01. The molecule has 2 aromatic rings. The van der Waals surface area contributed by atoms with Crippen LogP contribution in [-0.4, -0.2) is 32.4 Å². The Morgan fingerprint density at radius 1 is 1.12 bits per heavy atom. The molecule has 1 aromatic heterocycles. The largest absolute Gasteiger partial charge is 0.472 e. The Bertz CT molecular complexity index is 794. The first kappa shape index (κ1) is 16.8. The number of sulfonamides is 1. The van der Waals surface area contributed by atoms with Gasteiger partial charge in [-0.2, -0.15) is 0 Å². The zero-order valence-electron chi connectivity index (χ0n) is 14.2. The zero-order chi connectivity index (χ0) is 17.3. The van der Waals surface area contributed by atoms with Gasteiger partial charge in [-0.3, -0.25) is 4.90 Å². The quantitative estimate of drug-likeness (QED) is 0.890. The van der Waals surface area contributed by atoms with E-state index in [0.717, 1.165) is 45.3 Å². The van der Waals surface area contributed by atoms with E-state index in [-0.39, 0.29) is 11.5 Å². The van der Waals surface area contributed by atoms with Crippen LogP contribution < -0.4 is 4.72 Å². The SMILES string of the molecule is O=S(=O)(N[C@@H]1CCC12CCN(Cc1ccoc1)CC2)c1ccccc1. The van der Waals surface area contributed by atoms with Gasteiger partial charge in [0.15, 0.2) is 0 Å². The van der Waals surface area contributed by atoms with E-state index in [1.54, 1.807) is 36.8 Å². The van der Waals surface area contributed by atoms with Crippen LogP contribution in [0, 0.1) is 5.41 Å². The molecular weight excluding hydrogens is 336 g/mol. The van der Waals surface area contributed by atoms with E-state index in [0.29, 0.717) is 4.90 Å². The van der Waals surface area contributed by atoms with E-state index in [4.69, 9.17) is 4.42 Å². The number of hydrogen-bond acceptors (Lipinski definition) is 4. The predicted octanol–water partition coefficient (Wildman–Crippen LogP) is 3.00. The summed E-state index contributed by atoms with van der Waals surface area (Å²) in [5.41, 5.74) is 1.33. The summed E-state index contributed by atoms with van der Waals surface area (Å²) < 4.78 is 33.3. The molecule has 1 saturated carbocycles. The summed E-state index contributed by atoms with van der Waals surface area (Å²) in [5, 5.41) is 0. The van der Waals surface area contributed by atoms with Crippen molar-refractivity contribution in [2.24, 2.45) is 5.41 Å². The van der Waals surface area contributed by atoms with Gasteiger partial charge in [0, 0.05) is 18.2 Å². The number of benzene rings is 1. The minimum absolute atomic E-state index is 0.0637. The molecule has 1 N–H and O–H groups in total. The van der Waals surface area contributed by atoms with Gasteiger partial charge in [0.25, 0.3) is 0 Å². The zero-order valence-corrected chi connectivity index (χ0v) is 15.0. The van der Waals surface area contributed by atoms with Gasteiger partial charge in [0.1, 0.15) is 0 Å². The van der Waals surface area contributed by atoms with Crippen molar-refractivity contribution >= 4 is 10.0 Å². The monoisotopic (exact) mass is 360 g/mol. The molecule has 0 amide bonds. The van der Waals surface area contributed by atoms with Crippen molar-refractivity contribution < 1.29 is 12.8 Å². The van der Waals surface area contributed by atoms with Crippen LogP contribution in [0.25, 0.3) is 0 Å². The van der Waals surface area contributed by atoms with Gasteiger partial charge in [0.2, 0.25) is 10.0 Å². The third-order valence-corrected chi connectivity index (χ3v) is 7.35. The molecule has 0 radical (unpaired) electrons.